The first kappa shape index (κ1) is 40.8. The fourth-order valence-corrected chi connectivity index (χ4v) is 20.3. The van der Waals surface area contributed by atoms with Gasteiger partial charge in [0, 0.05) is 72.3 Å². The molecule has 13 aromatic rings. The highest BCUT2D eigenvalue weighted by Crippen LogP contribution is 2.66. The van der Waals surface area contributed by atoms with E-state index in [9.17, 15) is 5.26 Å². The summed E-state index contributed by atoms with van der Waals surface area (Å²) in [6.45, 7) is 14.0. The van der Waals surface area contributed by atoms with Crippen LogP contribution < -0.4 is 0 Å². The summed E-state index contributed by atoms with van der Waals surface area (Å²) in [7, 11) is 0. The van der Waals surface area contributed by atoms with Crippen LogP contribution in [-0.4, -0.2) is 8.80 Å². The first-order valence-electron chi connectivity index (χ1n) is 29.3. The lowest BCUT2D eigenvalue weighted by molar-refractivity contribution is 0.361. The van der Waals surface area contributed by atoms with Crippen molar-refractivity contribution in [2.75, 3.05) is 0 Å². The number of fused-ring (bicyclic) bond motifs is 16. The van der Waals surface area contributed by atoms with Crippen molar-refractivity contribution in [2.45, 2.75) is 113 Å². The van der Waals surface area contributed by atoms with E-state index in [1.807, 2.05) is 0 Å². The van der Waals surface area contributed by atoms with Crippen LogP contribution in [0.15, 0.2) is 121 Å². The quantitative estimate of drug-likeness (QED) is 0.140. The monoisotopic (exact) mass is 994 g/mol. The van der Waals surface area contributed by atoms with Gasteiger partial charge in [-0.3, -0.25) is 0 Å². The molecule has 9 aromatic carbocycles. The van der Waals surface area contributed by atoms with Gasteiger partial charge in [-0.15, -0.1) is 0 Å². The van der Waals surface area contributed by atoms with Crippen molar-refractivity contribution in [3.63, 3.8) is 0 Å². The van der Waals surface area contributed by atoms with Crippen molar-refractivity contribution in [1.82, 2.24) is 8.80 Å². The van der Waals surface area contributed by atoms with Gasteiger partial charge in [-0.25, -0.2) is 4.85 Å². The minimum Gasteiger partial charge on any atom is -0.309 e. The molecular formula is C74H50N4. The second-order valence-electron chi connectivity index (χ2n) is 25.5. The largest absolute Gasteiger partial charge is 0.309 e. The molecule has 12 aliphatic carbocycles. The summed E-state index contributed by atoms with van der Waals surface area (Å²) >= 11 is 0. The minimum atomic E-state index is 0.0210. The number of aromatic nitrogens is 2. The Kier molecular flexibility index (Phi) is 6.94. The van der Waals surface area contributed by atoms with Crippen LogP contribution in [0.2, 0.25) is 0 Å². The van der Waals surface area contributed by atoms with Gasteiger partial charge in [0.1, 0.15) is 0 Å². The number of hydrogen-bond acceptors (Lipinski definition) is 1. The third-order valence-electron chi connectivity index (χ3n) is 22.9. The number of nitrogens with zero attached hydrogens (tertiary/aromatic N) is 4. The van der Waals surface area contributed by atoms with Crippen molar-refractivity contribution in [2.24, 2.45) is 0 Å². The summed E-state index contributed by atoms with van der Waals surface area (Å²) in [5.41, 5.74) is 34.9. The molecule has 0 unspecified atom stereocenters. The van der Waals surface area contributed by atoms with Crippen molar-refractivity contribution in [3.8, 4) is 6.07 Å². The van der Waals surface area contributed by atoms with Crippen LogP contribution in [0.3, 0.4) is 0 Å². The van der Waals surface area contributed by atoms with Gasteiger partial charge < -0.3 is 8.80 Å². The molecule has 0 amide bonds. The number of rotatable bonds is 0. The second-order valence-corrected chi connectivity index (χ2v) is 25.5. The van der Waals surface area contributed by atoms with Gasteiger partial charge in [-0.1, -0.05) is 97.1 Å². The van der Waals surface area contributed by atoms with Gasteiger partial charge in [0.15, 0.2) is 5.69 Å². The molecule has 2 fully saturated rings. The summed E-state index contributed by atoms with van der Waals surface area (Å²) in [5, 5.41) is 22.9. The van der Waals surface area contributed by atoms with Gasteiger partial charge in [-0.05, 0) is 213 Å². The molecule has 0 spiro atoms. The van der Waals surface area contributed by atoms with Gasteiger partial charge in [0.25, 0.3) is 0 Å². The maximum Gasteiger partial charge on any atom is 0.193 e. The predicted octanol–water partition coefficient (Wildman–Crippen LogP) is 18.5. The van der Waals surface area contributed by atoms with Crippen LogP contribution in [0.1, 0.15) is 204 Å². The van der Waals surface area contributed by atoms with Crippen LogP contribution in [0.4, 0.5) is 5.69 Å². The zero-order valence-electron chi connectivity index (χ0n) is 43.6. The second kappa shape index (κ2) is 13.3. The normalized spacial score (nSPS) is 24.1. The Morgan fingerprint density at radius 1 is 0.397 bits per heavy atom. The van der Waals surface area contributed by atoms with E-state index < -0.39 is 0 Å². The molecule has 366 valence electrons. The summed E-state index contributed by atoms with van der Waals surface area (Å²) in [5.74, 6) is 2.34. The zero-order valence-corrected chi connectivity index (χ0v) is 43.6. The molecule has 78 heavy (non-hydrogen) atoms. The summed E-state index contributed by atoms with van der Waals surface area (Å²) in [6.07, 6.45) is 10.1. The third-order valence-corrected chi connectivity index (χ3v) is 22.9. The highest BCUT2D eigenvalue weighted by Gasteiger charge is 2.49. The van der Waals surface area contributed by atoms with E-state index in [1.165, 1.54) is 205 Å². The van der Waals surface area contributed by atoms with E-state index in [4.69, 9.17) is 6.57 Å². The average Bonchev–Trinajstić information content (AvgIpc) is 4.32. The molecule has 0 aliphatic heterocycles. The lowest BCUT2D eigenvalue weighted by atomic mass is 9.59. The lowest BCUT2D eigenvalue weighted by Gasteiger charge is -2.43. The average molecular weight is 995 g/mol. The Morgan fingerprint density at radius 2 is 0.756 bits per heavy atom. The number of aryl methyl sites for hydroxylation is 2. The maximum absolute atomic E-state index is 11.6. The number of nitriles is 1. The molecule has 2 saturated carbocycles. The van der Waals surface area contributed by atoms with E-state index in [2.05, 4.69) is 155 Å². The minimum absolute atomic E-state index is 0.0210. The van der Waals surface area contributed by atoms with Crippen LogP contribution in [-0.2, 0) is 0 Å². The Balaban J connectivity index is 0.971. The van der Waals surface area contributed by atoms with Crippen LogP contribution >= 0.6 is 0 Å². The van der Waals surface area contributed by atoms with E-state index in [0.29, 0.717) is 23.7 Å². The van der Waals surface area contributed by atoms with Crippen molar-refractivity contribution >= 4 is 81.9 Å². The maximum atomic E-state index is 11.6. The van der Waals surface area contributed by atoms with E-state index in [1.54, 1.807) is 22.3 Å². The fourth-order valence-electron chi connectivity index (χ4n) is 20.3. The van der Waals surface area contributed by atoms with Crippen molar-refractivity contribution in [1.29, 1.82) is 5.26 Å². The highest BCUT2D eigenvalue weighted by molar-refractivity contribution is 6.33. The van der Waals surface area contributed by atoms with Gasteiger partial charge >= 0.3 is 0 Å². The number of hydrogen-bond donors (Lipinski definition) is 0. The number of benzene rings is 9. The molecule has 0 atom stereocenters. The molecule has 4 aromatic heterocycles. The standard InChI is InChI=1S/C74H50N4/c1-33-56-51-30-49-36-22-26-38(27-23-36)58(49)70-66-54(31-52(76-3)64-61-42-14-6-10-18-46(42)63(68(64)66)47-19-11-7-15-43(47)61)78(74(51)70)72(56)34(2)55-50-29-48-35-20-24-37(25-21-35)57(48)69-65-53(77(71(33)55)73(50)69)28-39(32-75)59-60-40-12-4-8-16-44(40)62(67(59)65)45-17-9-5-13-41(45)60/h4-19,28-31,35-38,60-63H,20-27H2,1-2H3. The molecule has 0 saturated heterocycles. The van der Waals surface area contributed by atoms with E-state index >= 15 is 0 Å². The molecule has 12 aliphatic rings. The Morgan fingerprint density at radius 3 is 1.15 bits per heavy atom. The summed E-state index contributed by atoms with van der Waals surface area (Å²) in [4.78, 5) is 4.57. The van der Waals surface area contributed by atoms with Crippen LogP contribution in [0.25, 0.3) is 81.0 Å². The van der Waals surface area contributed by atoms with Gasteiger partial charge in [0.05, 0.1) is 45.8 Å². The third kappa shape index (κ3) is 4.18. The Labute approximate surface area is 450 Å². The molecule has 4 heteroatoms. The fraction of sp³-hybridized carbons (Fsp3) is 0.243. The van der Waals surface area contributed by atoms with E-state index in [0.717, 1.165) is 11.3 Å². The molecule has 25 rings (SSSR count). The Hall–Kier alpha value is -8.44. The highest BCUT2D eigenvalue weighted by atomic mass is 15.0. The predicted molar refractivity (Wildman–Crippen MR) is 314 cm³/mol. The first-order chi connectivity index (χ1) is 38.5. The van der Waals surface area contributed by atoms with Gasteiger partial charge in [0.2, 0.25) is 0 Å². The topological polar surface area (TPSA) is 37.0 Å². The van der Waals surface area contributed by atoms with Crippen molar-refractivity contribution in [3.05, 3.63) is 238 Å². The zero-order chi connectivity index (χ0) is 50.6. The summed E-state index contributed by atoms with van der Waals surface area (Å²) in [6, 6.07) is 49.7. The van der Waals surface area contributed by atoms with Crippen molar-refractivity contribution < 1.29 is 0 Å². The molecule has 0 N–H and O–H groups in total. The first-order valence-corrected chi connectivity index (χ1v) is 29.3. The molecule has 4 heterocycles. The lowest BCUT2D eigenvalue weighted by Crippen LogP contribution is -2.28. The van der Waals surface area contributed by atoms with Gasteiger partial charge in [-0.2, -0.15) is 5.26 Å². The van der Waals surface area contributed by atoms with Crippen LogP contribution in [0, 0.1) is 31.8 Å². The molecule has 8 bridgehead atoms. The Bertz CT molecular complexity index is 4780. The SMILES string of the molecule is [C-]#[N+]c1cc2c(c3c1C1c4ccccc4C3c3ccccc31)c1c3c(cc4c5c(C)c6c(c(C)c5n2c41)c1cc2c(c4c5c7c(c(C#N)cc5n6c14)C1c4ccccc4C7c4ccccc41)C1CCC2CC1)C1CCC3CC1. The molecular weight excluding hydrogens is 945 g/mol. The smallest absolute Gasteiger partial charge is 0.193 e. The molecule has 4 nitrogen and oxygen atoms in total. The van der Waals surface area contributed by atoms with Crippen LogP contribution in [0.5, 0.6) is 0 Å². The van der Waals surface area contributed by atoms with E-state index in [-0.39, 0.29) is 23.7 Å². The summed E-state index contributed by atoms with van der Waals surface area (Å²) < 4.78 is 5.43. The molecule has 0 radical (unpaired) electrons.